The van der Waals surface area contributed by atoms with Gasteiger partial charge >= 0.3 is 0 Å². The summed E-state index contributed by atoms with van der Waals surface area (Å²) in [5.41, 5.74) is 5.60. The van der Waals surface area contributed by atoms with Crippen molar-refractivity contribution in [1.29, 1.82) is 0 Å². The van der Waals surface area contributed by atoms with E-state index in [0.29, 0.717) is 11.4 Å². The van der Waals surface area contributed by atoms with Crippen LogP contribution in [0.1, 0.15) is 19.8 Å². The van der Waals surface area contributed by atoms with Gasteiger partial charge in [-0.15, -0.1) is 0 Å². The predicted octanol–water partition coefficient (Wildman–Crippen LogP) is 2.79. The summed E-state index contributed by atoms with van der Waals surface area (Å²) in [6.45, 7) is 2.22. The van der Waals surface area contributed by atoms with E-state index in [9.17, 15) is 9.18 Å². The molecule has 1 unspecified atom stereocenters. The number of anilines is 1. The topological polar surface area (TPSA) is 55.1 Å². The van der Waals surface area contributed by atoms with E-state index in [1.807, 2.05) is 6.92 Å². The van der Waals surface area contributed by atoms with Crippen molar-refractivity contribution in [2.45, 2.75) is 19.8 Å². The molecule has 0 saturated heterocycles. The van der Waals surface area contributed by atoms with Gasteiger partial charge in [0.05, 0.1) is 11.6 Å². The molecule has 1 amide bonds. The molecule has 1 aromatic carbocycles. The van der Waals surface area contributed by atoms with Gasteiger partial charge in [-0.05, 0) is 24.6 Å². The molecule has 0 spiro atoms. The first-order valence-corrected chi connectivity index (χ1v) is 5.92. The molecule has 0 aliphatic rings. The Balaban J connectivity index is 2.76. The Hall–Kier alpha value is -1.13. The molecular formula is C12H16ClFN2O. The molecule has 5 heteroatoms. The highest BCUT2D eigenvalue weighted by Gasteiger charge is 2.17. The van der Waals surface area contributed by atoms with Gasteiger partial charge in [0.2, 0.25) is 5.91 Å². The fraction of sp³-hybridized carbons (Fsp3) is 0.417. The van der Waals surface area contributed by atoms with Gasteiger partial charge in [0.15, 0.2) is 0 Å². The van der Waals surface area contributed by atoms with E-state index in [0.717, 1.165) is 6.42 Å². The van der Waals surface area contributed by atoms with E-state index in [1.54, 1.807) is 0 Å². The van der Waals surface area contributed by atoms with Crippen LogP contribution in [0.5, 0.6) is 0 Å². The fourth-order valence-electron chi connectivity index (χ4n) is 1.53. The van der Waals surface area contributed by atoms with Crippen LogP contribution in [0.4, 0.5) is 10.1 Å². The average molecular weight is 259 g/mol. The Labute approximate surface area is 105 Å². The molecule has 3 nitrogen and oxygen atoms in total. The molecule has 0 aliphatic carbocycles. The Kier molecular flexibility index (Phi) is 5.38. The standard InChI is InChI=1S/C12H16ClFN2O/c1-2-3-8(7-15)12(17)16-11-6-9(13)4-5-10(11)14/h4-6,8H,2-3,7,15H2,1H3,(H,16,17). The van der Waals surface area contributed by atoms with Gasteiger partial charge in [0.25, 0.3) is 0 Å². The second-order valence-corrected chi connectivity index (χ2v) is 4.27. The normalized spacial score (nSPS) is 12.2. The lowest BCUT2D eigenvalue weighted by atomic mass is 10.0. The number of carbonyl (C=O) groups excluding carboxylic acids is 1. The van der Waals surface area contributed by atoms with Gasteiger partial charge in [-0.2, -0.15) is 0 Å². The van der Waals surface area contributed by atoms with Crippen LogP contribution in [0.15, 0.2) is 18.2 Å². The Morgan fingerprint density at radius 1 is 1.59 bits per heavy atom. The summed E-state index contributed by atoms with van der Waals surface area (Å²) in [6.07, 6.45) is 1.54. The number of nitrogens with one attached hydrogen (secondary N) is 1. The smallest absolute Gasteiger partial charge is 0.228 e. The minimum atomic E-state index is -0.505. The first-order valence-electron chi connectivity index (χ1n) is 5.54. The summed E-state index contributed by atoms with van der Waals surface area (Å²) < 4.78 is 13.4. The zero-order valence-corrected chi connectivity index (χ0v) is 10.4. The van der Waals surface area contributed by atoms with Gasteiger partial charge in [0.1, 0.15) is 5.82 Å². The first kappa shape index (κ1) is 13.9. The van der Waals surface area contributed by atoms with Crippen molar-refractivity contribution in [2.24, 2.45) is 11.7 Å². The molecule has 1 rings (SSSR count). The van der Waals surface area contributed by atoms with Gasteiger partial charge in [-0.3, -0.25) is 4.79 Å². The average Bonchev–Trinajstić information content (AvgIpc) is 2.30. The quantitative estimate of drug-likeness (QED) is 0.853. The first-order chi connectivity index (χ1) is 8.08. The van der Waals surface area contributed by atoms with Gasteiger partial charge in [0, 0.05) is 11.6 Å². The highest BCUT2D eigenvalue weighted by Crippen LogP contribution is 2.20. The van der Waals surface area contributed by atoms with E-state index in [4.69, 9.17) is 17.3 Å². The predicted molar refractivity (Wildman–Crippen MR) is 67.5 cm³/mol. The highest BCUT2D eigenvalue weighted by atomic mass is 35.5. The summed E-state index contributed by atoms with van der Waals surface area (Å²) in [5, 5.41) is 2.88. The number of carbonyl (C=O) groups is 1. The number of hydrogen-bond donors (Lipinski definition) is 2. The van der Waals surface area contributed by atoms with Crippen LogP contribution in [0, 0.1) is 11.7 Å². The third-order valence-corrected chi connectivity index (χ3v) is 2.71. The van der Waals surface area contributed by atoms with Gasteiger partial charge in [-0.25, -0.2) is 4.39 Å². The SMILES string of the molecule is CCCC(CN)C(=O)Nc1cc(Cl)ccc1F. The van der Waals surface area contributed by atoms with Crippen LogP contribution in [-0.4, -0.2) is 12.5 Å². The summed E-state index contributed by atoms with van der Waals surface area (Å²) in [5.74, 6) is -1.07. The maximum Gasteiger partial charge on any atom is 0.228 e. The van der Waals surface area contributed by atoms with Crippen LogP contribution in [0.3, 0.4) is 0 Å². The number of halogens is 2. The molecule has 0 aromatic heterocycles. The second-order valence-electron chi connectivity index (χ2n) is 3.83. The number of nitrogens with two attached hydrogens (primary N) is 1. The van der Waals surface area contributed by atoms with Crippen LogP contribution in [0.2, 0.25) is 5.02 Å². The molecule has 1 aromatic rings. The molecule has 0 saturated carbocycles. The molecule has 0 radical (unpaired) electrons. The number of hydrogen-bond acceptors (Lipinski definition) is 2. The van der Waals surface area contributed by atoms with Crippen molar-refractivity contribution in [3.05, 3.63) is 29.0 Å². The second kappa shape index (κ2) is 6.57. The summed E-state index contributed by atoms with van der Waals surface area (Å²) in [7, 11) is 0. The van der Waals surface area contributed by atoms with E-state index < -0.39 is 5.82 Å². The Morgan fingerprint density at radius 2 is 2.29 bits per heavy atom. The maximum atomic E-state index is 13.4. The summed E-state index contributed by atoms with van der Waals surface area (Å²) >= 11 is 5.73. The molecule has 94 valence electrons. The minimum Gasteiger partial charge on any atom is -0.330 e. The highest BCUT2D eigenvalue weighted by molar-refractivity contribution is 6.30. The van der Waals surface area contributed by atoms with Crippen molar-refractivity contribution >= 4 is 23.2 Å². The van der Waals surface area contributed by atoms with Gasteiger partial charge < -0.3 is 11.1 Å². The number of amides is 1. The molecule has 1 atom stereocenters. The summed E-state index contributed by atoms with van der Waals surface area (Å²) in [6, 6.07) is 4.03. The van der Waals surface area contributed by atoms with Crippen LogP contribution in [-0.2, 0) is 4.79 Å². The third kappa shape index (κ3) is 3.98. The minimum absolute atomic E-state index is 0.0945. The van der Waals surface area contributed by atoms with Crippen molar-refractivity contribution in [3.8, 4) is 0 Å². The lowest BCUT2D eigenvalue weighted by molar-refractivity contribution is -0.119. The lowest BCUT2D eigenvalue weighted by Gasteiger charge is -2.14. The summed E-state index contributed by atoms with van der Waals surface area (Å²) in [4.78, 5) is 11.8. The zero-order chi connectivity index (χ0) is 12.8. The fourth-order valence-corrected chi connectivity index (χ4v) is 1.70. The number of rotatable bonds is 5. The zero-order valence-electron chi connectivity index (χ0n) is 9.67. The van der Waals surface area contributed by atoms with Crippen molar-refractivity contribution in [2.75, 3.05) is 11.9 Å². The van der Waals surface area contributed by atoms with Crippen molar-refractivity contribution < 1.29 is 9.18 Å². The van der Waals surface area contributed by atoms with Gasteiger partial charge in [-0.1, -0.05) is 24.9 Å². The molecule has 3 N–H and O–H groups in total. The lowest BCUT2D eigenvalue weighted by Crippen LogP contribution is -2.29. The molecule has 0 bridgehead atoms. The monoisotopic (exact) mass is 258 g/mol. The third-order valence-electron chi connectivity index (χ3n) is 2.48. The van der Waals surface area contributed by atoms with E-state index in [1.165, 1.54) is 18.2 Å². The maximum absolute atomic E-state index is 13.4. The largest absolute Gasteiger partial charge is 0.330 e. The Bertz CT molecular complexity index is 398. The van der Waals surface area contributed by atoms with Crippen LogP contribution >= 0.6 is 11.6 Å². The van der Waals surface area contributed by atoms with Crippen molar-refractivity contribution in [1.82, 2.24) is 0 Å². The molecule has 0 heterocycles. The molecular weight excluding hydrogens is 243 g/mol. The van der Waals surface area contributed by atoms with E-state index >= 15 is 0 Å². The Morgan fingerprint density at radius 3 is 2.88 bits per heavy atom. The molecule has 0 fully saturated rings. The van der Waals surface area contributed by atoms with E-state index in [2.05, 4.69) is 5.32 Å². The van der Waals surface area contributed by atoms with Crippen molar-refractivity contribution in [3.63, 3.8) is 0 Å². The van der Waals surface area contributed by atoms with E-state index in [-0.39, 0.29) is 24.1 Å². The number of benzene rings is 1. The van der Waals surface area contributed by atoms with Crippen LogP contribution in [0.25, 0.3) is 0 Å². The molecule has 17 heavy (non-hydrogen) atoms. The molecule has 0 aliphatic heterocycles. The van der Waals surface area contributed by atoms with Crippen LogP contribution < -0.4 is 11.1 Å².